The molecule has 3 heteroatoms. The molecule has 0 aliphatic rings. The van der Waals surface area contributed by atoms with E-state index in [4.69, 9.17) is 5.73 Å². The van der Waals surface area contributed by atoms with Gasteiger partial charge in [0.1, 0.15) is 0 Å². The third kappa shape index (κ3) is 3.12. The quantitative estimate of drug-likeness (QED) is 0.809. The van der Waals surface area contributed by atoms with Crippen molar-refractivity contribution >= 4 is 17.0 Å². The fraction of sp³-hybridized carbons (Fsp3) is 0.333. The Hall–Kier alpha value is -1.32. The van der Waals surface area contributed by atoms with Gasteiger partial charge in [0.05, 0.1) is 0 Å². The SMILES string of the molecule is CC(C)(CNCc1ccccc1N)c1cccs1. The van der Waals surface area contributed by atoms with Crippen molar-refractivity contribution in [2.24, 2.45) is 0 Å². The van der Waals surface area contributed by atoms with Crippen LogP contribution >= 0.6 is 11.3 Å². The lowest BCUT2D eigenvalue weighted by Gasteiger charge is -2.24. The van der Waals surface area contributed by atoms with Crippen LogP contribution in [0.4, 0.5) is 5.69 Å². The summed E-state index contributed by atoms with van der Waals surface area (Å²) >= 11 is 1.81. The molecule has 0 fully saturated rings. The highest BCUT2D eigenvalue weighted by Gasteiger charge is 2.20. The summed E-state index contributed by atoms with van der Waals surface area (Å²) in [5, 5.41) is 5.63. The van der Waals surface area contributed by atoms with Gasteiger partial charge in [-0.05, 0) is 23.1 Å². The van der Waals surface area contributed by atoms with E-state index in [-0.39, 0.29) is 5.41 Å². The second-order valence-corrected chi connectivity index (χ2v) is 6.11. The van der Waals surface area contributed by atoms with Crippen molar-refractivity contribution in [2.45, 2.75) is 25.8 Å². The van der Waals surface area contributed by atoms with Crippen molar-refractivity contribution in [3.63, 3.8) is 0 Å². The van der Waals surface area contributed by atoms with E-state index in [2.05, 4.69) is 42.7 Å². The molecule has 0 aliphatic carbocycles. The van der Waals surface area contributed by atoms with Crippen molar-refractivity contribution in [3.05, 3.63) is 52.2 Å². The van der Waals surface area contributed by atoms with Crippen LogP contribution < -0.4 is 11.1 Å². The molecule has 3 N–H and O–H groups in total. The van der Waals surface area contributed by atoms with Gasteiger partial charge in [-0.1, -0.05) is 38.1 Å². The maximum Gasteiger partial charge on any atom is 0.0359 e. The second-order valence-electron chi connectivity index (χ2n) is 5.16. The number of benzene rings is 1. The summed E-state index contributed by atoms with van der Waals surface area (Å²) in [6.07, 6.45) is 0. The Kier molecular flexibility index (Phi) is 4.04. The van der Waals surface area contributed by atoms with Gasteiger partial charge >= 0.3 is 0 Å². The Morgan fingerprint density at radius 3 is 2.61 bits per heavy atom. The van der Waals surface area contributed by atoms with Crippen LogP contribution in [-0.2, 0) is 12.0 Å². The molecule has 2 nitrogen and oxygen atoms in total. The molecular formula is C15H20N2S. The van der Waals surface area contributed by atoms with Crippen LogP contribution in [0.3, 0.4) is 0 Å². The molecule has 2 aromatic rings. The largest absolute Gasteiger partial charge is 0.398 e. The fourth-order valence-electron chi connectivity index (χ4n) is 1.96. The van der Waals surface area contributed by atoms with Gasteiger partial charge in [0, 0.05) is 29.1 Å². The van der Waals surface area contributed by atoms with E-state index in [0.29, 0.717) is 0 Å². The molecule has 0 amide bonds. The van der Waals surface area contributed by atoms with Crippen LogP contribution in [0.25, 0.3) is 0 Å². The monoisotopic (exact) mass is 260 g/mol. The van der Waals surface area contributed by atoms with Gasteiger partial charge in [0.2, 0.25) is 0 Å². The summed E-state index contributed by atoms with van der Waals surface area (Å²) in [4.78, 5) is 1.41. The minimum absolute atomic E-state index is 0.164. The molecule has 0 aliphatic heterocycles. The van der Waals surface area contributed by atoms with Crippen molar-refractivity contribution in [2.75, 3.05) is 12.3 Å². The lowest BCUT2D eigenvalue weighted by atomic mass is 9.91. The van der Waals surface area contributed by atoms with Crippen molar-refractivity contribution < 1.29 is 0 Å². The maximum atomic E-state index is 5.93. The van der Waals surface area contributed by atoms with Crippen molar-refractivity contribution in [1.29, 1.82) is 0 Å². The van der Waals surface area contributed by atoms with E-state index in [9.17, 15) is 0 Å². The third-order valence-corrected chi connectivity index (χ3v) is 4.36. The molecule has 18 heavy (non-hydrogen) atoms. The second kappa shape index (κ2) is 5.55. The van der Waals surface area contributed by atoms with Crippen LogP contribution in [-0.4, -0.2) is 6.54 Å². The average Bonchev–Trinajstić information content (AvgIpc) is 2.86. The first-order chi connectivity index (χ1) is 8.59. The Balaban J connectivity index is 1.91. The third-order valence-electron chi connectivity index (χ3n) is 3.13. The lowest BCUT2D eigenvalue weighted by molar-refractivity contribution is 0.477. The molecule has 2 rings (SSSR count). The summed E-state index contributed by atoms with van der Waals surface area (Å²) in [6.45, 7) is 6.30. The van der Waals surface area contributed by atoms with E-state index in [0.717, 1.165) is 18.8 Å². The molecular weight excluding hydrogens is 240 g/mol. The summed E-state index contributed by atoms with van der Waals surface area (Å²) < 4.78 is 0. The van der Waals surface area contributed by atoms with Gasteiger partial charge in [-0.2, -0.15) is 0 Å². The maximum absolute atomic E-state index is 5.93. The number of hydrogen-bond donors (Lipinski definition) is 2. The number of nitrogens with two attached hydrogens (primary N) is 1. The van der Waals surface area contributed by atoms with Gasteiger partial charge in [-0.15, -0.1) is 11.3 Å². The molecule has 0 saturated carbocycles. The fourth-order valence-corrected chi connectivity index (χ4v) is 2.81. The number of thiophene rings is 1. The number of anilines is 1. The minimum Gasteiger partial charge on any atom is -0.398 e. The molecule has 0 radical (unpaired) electrons. The molecule has 1 heterocycles. The molecule has 96 valence electrons. The normalized spacial score (nSPS) is 11.7. The van der Waals surface area contributed by atoms with Gasteiger partial charge in [0.15, 0.2) is 0 Å². The summed E-state index contributed by atoms with van der Waals surface area (Å²) in [5.41, 5.74) is 8.12. The Bertz CT molecular complexity index is 489. The average molecular weight is 260 g/mol. The number of nitrogen functional groups attached to an aromatic ring is 1. The van der Waals surface area contributed by atoms with E-state index in [1.165, 1.54) is 10.4 Å². The highest BCUT2D eigenvalue weighted by molar-refractivity contribution is 7.10. The Morgan fingerprint density at radius 1 is 1.17 bits per heavy atom. The zero-order valence-electron chi connectivity index (χ0n) is 10.9. The van der Waals surface area contributed by atoms with E-state index in [1.54, 1.807) is 0 Å². The number of nitrogens with one attached hydrogen (secondary N) is 1. The van der Waals surface area contributed by atoms with E-state index < -0.39 is 0 Å². The van der Waals surface area contributed by atoms with Gasteiger partial charge in [-0.3, -0.25) is 0 Å². The van der Waals surface area contributed by atoms with Crippen LogP contribution in [0.1, 0.15) is 24.3 Å². The topological polar surface area (TPSA) is 38.0 Å². The molecule has 0 atom stereocenters. The molecule has 1 aromatic carbocycles. The Morgan fingerprint density at radius 2 is 1.94 bits per heavy atom. The molecule has 0 bridgehead atoms. The van der Waals surface area contributed by atoms with Gasteiger partial charge in [-0.25, -0.2) is 0 Å². The smallest absolute Gasteiger partial charge is 0.0359 e. The molecule has 1 aromatic heterocycles. The zero-order chi connectivity index (χ0) is 13.0. The van der Waals surface area contributed by atoms with Gasteiger partial charge < -0.3 is 11.1 Å². The number of rotatable bonds is 5. The van der Waals surface area contributed by atoms with E-state index in [1.807, 2.05) is 29.5 Å². The lowest BCUT2D eigenvalue weighted by Crippen LogP contribution is -2.32. The first-order valence-corrected chi connectivity index (χ1v) is 7.06. The van der Waals surface area contributed by atoms with Crippen molar-refractivity contribution in [1.82, 2.24) is 5.32 Å². The minimum atomic E-state index is 0.164. The summed E-state index contributed by atoms with van der Waals surface area (Å²) in [6, 6.07) is 12.3. The van der Waals surface area contributed by atoms with Crippen LogP contribution in [0.5, 0.6) is 0 Å². The van der Waals surface area contributed by atoms with Crippen LogP contribution in [0.15, 0.2) is 41.8 Å². The van der Waals surface area contributed by atoms with E-state index >= 15 is 0 Å². The molecule has 0 unspecified atom stereocenters. The highest BCUT2D eigenvalue weighted by Crippen LogP contribution is 2.26. The summed E-state index contributed by atoms with van der Waals surface area (Å²) in [5.74, 6) is 0. The predicted molar refractivity (Wildman–Crippen MR) is 79.9 cm³/mol. The van der Waals surface area contributed by atoms with Crippen LogP contribution in [0.2, 0.25) is 0 Å². The first-order valence-electron chi connectivity index (χ1n) is 6.18. The zero-order valence-corrected chi connectivity index (χ0v) is 11.8. The molecule has 0 saturated heterocycles. The number of para-hydroxylation sites is 1. The standard InChI is InChI=1S/C15H20N2S/c1-15(2,14-8-5-9-18-14)11-17-10-12-6-3-4-7-13(12)16/h3-9,17H,10-11,16H2,1-2H3. The van der Waals surface area contributed by atoms with Gasteiger partial charge in [0.25, 0.3) is 0 Å². The highest BCUT2D eigenvalue weighted by atomic mass is 32.1. The number of hydrogen-bond acceptors (Lipinski definition) is 3. The Labute approximate surface area is 113 Å². The molecule has 0 spiro atoms. The first kappa shape index (κ1) is 13.1. The predicted octanol–water partition coefficient (Wildman–Crippen LogP) is 3.40. The van der Waals surface area contributed by atoms with Crippen molar-refractivity contribution in [3.8, 4) is 0 Å². The summed E-state index contributed by atoms with van der Waals surface area (Å²) in [7, 11) is 0. The van der Waals surface area contributed by atoms with Crippen LogP contribution in [0, 0.1) is 0 Å².